The highest BCUT2D eigenvalue weighted by Crippen LogP contribution is 2.33. The monoisotopic (exact) mass is 497 g/mol. The van der Waals surface area contributed by atoms with Crippen molar-refractivity contribution in [2.75, 3.05) is 5.75 Å². The van der Waals surface area contributed by atoms with Crippen LogP contribution in [-0.4, -0.2) is 28.0 Å². The lowest BCUT2D eigenvalue weighted by molar-refractivity contribution is -0.274. The number of H-pyrrole nitrogens is 1. The van der Waals surface area contributed by atoms with E-state index in [1.807, 2.05) is 0 Å². The van der Waals surface area contributed by atoms with Crippen LogP contribution >= 0.6 is 23.1 Å². The SMILES string of the molecule is CC(NC(=O)CSCc1nc2sc3c(c2c(=O)[nH]1)CCCC3)c1ccc(OC(F)(F)F)cc1. The summed E-state index contributed by atoms with van der Waals surface area (Å²) >= 11 is 2.91. The largest absolute Gasteiger partial charge is 0.573 e. The summed E-state index contributed by atoms with van der Waals surface area (Å²) in [6.07, 6.45) is -0.597. The molecule has 0 fully saturated rings. The number of ether oxygens (including phenoxy) is 1. The molecule has 1 aliphatic rings. The Labute approximate surface area is 195 Å². The predicted molar refractivity (Wildman–Crippen MR) is 123 cm³/mol. The minimum Gasteiger partial charge on any atom is -0.406 e. The van der Waals surface area contributed by atoms with Crippen molar-refractivity contribution in [3.63, 3.8) is 0 Å². The van der Waals surface area contributed by atoms with E-state index < -0.39 is 6.36 Å². The molecule has 4 rings (SSSR count). The fourth-order valence-electron chi connectivity index (χ4n) is 3.84. The van der Waals surface area contributed by atoms with Gasteiger partial charge < -0.3 is 15.0 Å². The second-order valence-electron chi connectivity index (χ2n) is 7.80. The number of aromatic nitrogens is 2. The second kappa shape index (κ2) is 9.76. The summed E-state index contributed by atoms with van der Waals surface area (Å²) in [5.41, 5.74) is 1.67. The number of aromatic amines is 1. The lowest BCUT2D eigenvalue weighted by Gasteiger charge is -2.15. The number of alkyl halides is 3. The summed E-state index contributed by atoms with van der Waals surface area (Å²) in [6, 6.07) is 4.99. The average molecular weight is 498 g/mol. The maximum atomic E-state index is 12.6. The Balaban J connectivity index is 1.30. The predicted octanol–water partition coefficient (Wildman–Crippen LogP) is 4.87. The number of carbonyl (C=O) groups is 1. The number of fused-ring (bicyclic) bond motifs is 3. The van der Waals surface area contributed by atoms with Gasteiger partial charge in [0, 0.05) is 4.88 Å². The number of rotatable bonds is 7. The maximum Gasteiger partial charge on any atom is 0.573 e. The minimum atomic E-state index is -4.74. The molecular formula is C22H22F3N3O3S2. The van der Waals surface area contributed by atoms with Gasteiger partial charge in [0.2, 0.25) is 5.91 Å². The van der Waals surface area contributed by atoms with Gasteiger partial charge in [-0.25, -0.2) is 4.98 Å². The molecule has 1 unspecified atom stereocenters. The molecule has 2 aromatic heterocycles. The lowest BCUT2D eigenvalue weighted by Crippen LogP contribution is -2.28. The Morgan fingerprint density at radius 3 is 2.73 bits per heavy atom. The standard InChI is InChI=1S/C22H22F3N3O3S2/c1-12(13-6-8-14(9-7-13)31-22(23,24)25)26-18(29)11-32-10-17-27-20(30)19-15-4-2-3-5-16(15)33-21(19)28-17/h6-9,12H,2-5,10-11H2,1H3,(H,26,29)(H,27,28,30). The normalized spacial score (nSPS) is 14.7. The smallest absolute Gasteiger partial charge is 0.406 e. The van der Waals surface area contributed by atoms with Gasteiger partial charge in [0.25, 0.3) is 5.56 Å². The molecule has 3 aromatic rings. The fourth-order valence-corrected chi connectivity index (χ4v) is 5.82. The molecule has 11 heteroatoms. The van der Waals surface area contributed by atoms with E-state index >= 15 is 0 Å². The van der Waals surface area contributed by atoms with E-state index in [2.05, 4.69) is 20.0 Å². The van der Waals surface area contributed by atoms with Crippen LogP contribution in [0, 0.1) is 0 Å². The number of carbonyl (C=O) groups excluding carboxylic acids is 1. The van der Waals surface area contributed by atoms with E-state index in [0.717, 1.165) is 36.1 Å². The van der Waals surface area contributed by atoms with Gasteiger partial charge in [0.1, 0.15) is 16.4 Å². The molecule has 0 aliphatic heterocycles. The van der Waals surface area contributed by atoms with Crippen LogP contribution in [0.15, 0.2) is 29.1 Å². The highest BCUT2D eigenvalue weighted by molar-refractivity contribution is 7.99. The number of thiophene rings is 1. The van der Waals surface area contributed by atoms with Crippen molar-refractivity contribution in [1.29, 1.82) is 0 Å². The van der Waals surface area contributed by atoms with Crippen LogP contribution in [0.25, 0.3) is 10.2 Å². The Bertz CT molecular complexity index is 1210. The van der Waals surface area contributed by atoms with Gasteiger partial charge in [0.05, 0.1) is 22.9 Å². The molecule has 2 N–H and O–H groups in total. The van der Waals surface area contributed by atoms with Gasteiger partial charge in [-0.1, -0.05) is 12.1 Å². The Hall–Kier alpha value is -2.53. The third kappa shape index (κ3) is 5.89. The van der Waals surface area contributed by atoms with Crippen molar-refractivity contribution in [1.82, 2.24) is 15.3 Å². The van der Waals surface area contributed by atoms with Crippen LogP contribution in [0.5, 0.6) is 5.75 Å². The summed E-state index contributed by atoms with van der Waals surface area (Å²) in [5, 5.41) is 3.52. The third-order valence-electron chi connectivity index (χ3n) is 5.34. The first-order valence-corrected chi connectivity index (χ1v) is 12.4. The number of benzene rings is 1. The van der Waals surface area contributed by atoms with E-state index in [-0.39, 0.29) is 29.0 Å². The van der Waals surface area contributed by atoms with Crippen molar-refractivity contribution in [2.24, 2.45) is 0 Å². The van der Waals surface area contributed by atoms with Crippen molar-refractivity contribution in [2.45, 2.75) is 50.8 Å². The molecule has 1 aliphatic carbocycles. The molecule has 0 saturated carbocycles. The van der Waals surface area contributed by atoms with Gasteiger partial charge in [-0.3, -0.25) is 9.59 Å². The Morgan fingerprint density at radius 1 is 1.27 bits per heavy atom. The Kier molecular flexibility index (Phi) is 6.99. The summed E-state index contributed by atoms with van der Waals surface area (Å²) < 4.78 is 40.6. The van der Waals surface area contributed by atoms with E-state index in [0.29, 0.717) is 22.5 Å². The molecule has 33 heavy (non-hydrogen) atoms. The molecule has 6 nitrogen and oxygen atoms in total. The second-order valence-corrected chi connectivity index (χ2v) is 9.87. The van der Waals surface area contributed by atoms with E-state index in [1.54, 1.807) is 18.3 Å². The minimum absolute atomic E-state index is 0.119. The first-order valence-electron chi connectivity index (χ1n) is 10.5. The molecule has 1 aromatic carbocycles. The number of nitrogens with one attached hydrogen (secondary N) is 2. The lowest BCUT2D eigenvalue weighted by atomic mass is 9.97. The number of amides is 1. The topological polar surface area (TPSA) is 84.1 Å². The van der Waals surface area contributed by atoms with Crippen molar-refractivity contribution >= 4 is 39.2 Å². The number of hydrogen-bond donors (Lipinski definition) is 2. The molecule has 2 heterocycles. The zero-order chi connectivity index (χ0) is 23.6. The molecule has 0 spiro atoms. The number of hydrogen-bond acceptors (Lipinski definition) is 6. The number of thioether (sulfide) groups is 1. The van der Waals surface area contributed by atoms with Crippen molar-refractivity contribution < 1.29 is 22.7 Å². The summed E-state index contributed by atoms with van der Waals surface area (Å²) in [7, 11) is 0. The average Bonchev–Trinajstić information content (AvgIpc) is 3.12. The van der Waals surface area contributed by atoms with Crippen LogP contribution < -0.4 is 15.6 Å². The molecular weight excluding hydrogens is 475 g/mol. The molecule has 0 radical (unpaired) electrons. The Morgan fingerprint density at radius 2 is 2.00 bits per heavy atom. The van der Waals surface area contributed by atoms with Crippen LogP contribution in [0.2, 0.25) is 0 Å². The van der Waals surface area contributed by atoms with Gasteiger partial charge in [-0.15, -0.1) is 36.3 Å². The van der Waals surface area contributed by atoms with E-state index in [4.69, 9.17) is 0 Å². The molecule has 0 saturated heterocycles. The summed E-state index contributed by atoms with van der Waals surface area (Å²) in [6.45, 7) is 1.74. The van der Waals surface area contributed by atoms with Crippen molar-refractivity contribution in [3.05, 3.63) is 56.4 Å². The van der Waals surface area contributed by atoms with Crippen molar-refractivity contribution in [3.8, 4) is 5.75 Å². The highest BCUT2D eigenvalue weighted by atomic mass is 32.2. The number of halogens is 3. The summed E-state index contributed by atoms with van der Waals surface area (Å²) in [5.74, 6) is 0.544. The molecule has 0 bridgehead atoms. The third-order valence-corrected chi connectivity index (χ3v) is 7.47. The zero-order valence-corrected chi connectivity index (χ0v) is 19.4. The van der Waals surface area contributed by atoms with Gasteiger partial charge in [-0.05, 0) is 55.9 Å². The first kappa shape index (κ1) is 23.6. The maximum absolute atomic E-state index is 12.6. The van der Waals surface area contributed by atoms with E-state index in [9.17, 15) is 22.8 Å². The fraction of sp³-hybridized carbons (Fsp3) is 0.409. The number of aryl methyl sites for hydroxylation is 2. The van der Waals surface area contributed by atoms with Crippen LogP contribution in [0.1, 0.15) is 47.6 Å². The molecule has 1 atom stereocenters. The van der Waals surface area contributed by atoms with Crippen LogP contribution in [0.3, 0.4) is 0 Å². The zero-order valence-electron chi connectivity index (χ0n) is 17.8. The highest BCUT2D eigenvalue weighted by Gasteiger charge is 2.31. The van der Waals surface area contributed by atoms with Gasteiger partial charge >= 0.3 is 6.36 Å². The van der Waals surface area contributed by atoms with E-state index in [1.165, 1.54) is 40.9 Å². The quantitative estimate of drug-likeness (QED) is 0.487. The first-order chi connectivity index (χ1) is 15.7. The molecule has 176 valence electrons. The number of nitrogens with zero attached hydrogens (tertiary/aromatic N) is 1. The molecule has 1 amide bonds. The van der Waals surface area contributed by atoms with Gasteiger partial charge in [-0.2, -0.15) is 0 Å². The van der Waals surface area contributed by atoms with Crippen LogP contribution in [-0.2, 0) is 23.4 Å². The van der Waals surface area contributed by atoms with Crippen LogP contribution in [0.4, 0.5) is 13.2 Å². The summed E-state index contributed by atoms with van der Waals surface area (Å²) in [4.78, 5) is 34.3. The van der Waals surface area contributed by atoms with Gasteiger partial charge in [0.15, 0.2) is 0 Å².